The number of nitrogens with one attached hydrogen (secondary N) is 1. The molecule has 0 amide bonds. The molecule has 0 atom stereocenters. The Kier molecular flexibility index (Phi) is 4.34. The van der Waals surface area contributed by atoms with Crippen LogP contribution >= 0.6 is 0 Å². The van der Waals surface area contributed by atoms with Gasteiger partial charge in [-0.2, -0.15) is 5.10 Å². The Hall–Kier alpha value is -2.89. The third kappa shape index (κ3) is 3.27. The molecule has 0 aliphatic heterocycles. The van der Waals surface area contributed by atoms with E-state index in [0.29, 0.717) is 17.5 Å². The van der Waals surface area contributed by atoms with E-state index in [4.69, 9.17) is 4.99 Å². The van der Waals surface area contributed by atoms with Crippen LogP contribution in [0.2, 0.25) is 0 Å². The number of H-pyrrole nitrogens is 1. The summed E-state index contributed by atoms with van der Waals surface area (Å²) in [5, 5.41) is 15.7. The zero-order chi connectivity index (χ0) is 19.1. The summed E-state index contributed by atoms with van der Waals surface area (Å²) in [6.45, 7) is 6.12. The Bertz CT molecular complexity index is 1040. The molecule has 1 fully saturated rings. The van der Waals surface area contributed by atoms with E-state index >= 15 is 0 Å². The van der Waals surface area contributed by atoms with Crippen LogP contribution in [0.3, 0.4) is 0 Å². The smallest absolute Gasteiger partial charge is 0.198 e. The maximum absolute atomic E-state index is 12.5. The summed E-state index contributed by atoms with van der Waals surface area (Å²) in [5.41, 5.74) is 3.68. The van der Waals surface area contributed by atoms with Crippen molar-refractivity contribution in [2.24, 2.45) is 10.9 Å². The second-order valence-electron chi connectivity index (χ2n) is 7.43. The molecular formula is C21H24N4O2. The van der Waals surface area contributed by atoms with Crippen molar-refractivity contribution in [1.29, 1.82) is 0 Å². The molecule has 140 valence electrons. The van der Waals surface area contributed by atoms with Crippen molar-refractivity contribution in [2.45, 2.75) is 46.1 Å². The average molecular weight is 364 g/mol. The monoisotopic (exact) mass is 364 g/mol. The van der Waals surface area contributed by atoms with Gasteiger partial charge in [-0.25, -0.2) is 4.99 Å². The van der Waals surface area contributed by atoms with Crippen molar-refractivity contribution in [3.8, 4) is 5.88 Å². The van der Waals surface area contributed by atoms with Crippen molar-refractivity contribution < 1.29 is 9.90 Å². The van der Waals surface area contributed by atoms with Gasteiger partial charge in [0, 0.05) is 28.4 Å². The lowest BCUT2D eigenvalue weighted by molar-refractivity contribution is 0.0968. The van der Waals surface area contributed by atoms with Crippen LogP contribution in [0.15, 0.2) is 35.6 Å². The first kappa shape index (κ1) is 17.5. The van der Waals surface area contributed by atoms with Crippen LogP contribution in [-0.4, -0.2) is 31.4 Å². The molecule has 4 rings (SSSR count). The molecule has 2 N–H and O–H groups in total. The minimum absolute atomic E-state index is 0.0814. The molecule has 1 aliphatic rings. The lowest BCUT2D eigenvalue weighted by Crippen LogP contribution is -2.02. The number of nitrogens with zero attached hydrogens (tertiary/aromatic N) is 3. The third-order valence-corrected chi connectivity index (χ3v) is 5.02. The largest absolute Gasteiger partial charge is 0.494 e. The number of benzene rings is 1. The van der Waals surface area contributed by atoms with E-state index in [-0.39, 0.29) is 23.6 Å². The minimum Gasteiger partial charge on any atom is -0.494 e. The number of aromatic nitrogens is 3. The minimum atomic E-state index is 0.0814. The van der Waals surface area contributed by atoms with Crippen LogP contribution in [0.5, 0.6) is 5.88 Å². The lowest BCUT2D eigenvalue weighted by Gasteiger charge is -2.05. The molecule has 0 saturated heterocycles. The first-order valence-electron chi connectivity index (χ1n) is 9.49. The maximum Gasteiger partial charge on any atom is 0.198 e. The van der Waals surface area contributed by atoms with Gasteiger partial charge in [-0.15, -0.1) is 0 Å². The number of carbonyl (C=O) groups is 1. The molecule has 0 radical (unpaired) electrons. The highest BCUT2D eigenvalue weighted by Gasteiger charge is 2.30. The first-order valence-corrected chi connectivity index (χ1v) is 9.49. The van der Waals surface area contributed by atoms with Crippen molar-refractivity contribution in [3.05, 3.63) is 41.7 Å². The third-order valence-electron chi connectivity index (χ3n) is 5.02. The van der Waals surface area contributed by atoms with Gasteiger partial charge in [0.25, 0.3) is 0 Å². The number of fused-ring (bicyclic) bond motifs is 1. The van der Waals surface area contributed by atoms with Gasteiger partial charge in [0.15, 0.2) is 11.7 Å². The maximum atomic E-state index is 12.5. The SMILES string of the molecule is CCC(=Nc1cnn(C(C)C)c1)c1c(O)[nH]c2ccc(C(=O)C3CC3)cc12. The summed E-state index contributed by atoms with van der Waals surface area (Å²) in [7, 11) is 0. The zero-order valence-electron chi connectivity index (χ0n) is 15.9. The number of aliphatic imine (C=N–C) groups is 1. The van der Waals surface area contributed by atoms with Gasteiger partial charge in [-0.3, -0.25) is 9.48 Å². The Labute approximate surface area is 157 Å². The van der Waals surface area contributed by atoms with E-state index in [0.717, 1.165) is 35.1 Å². The van der Waals surface area contributed by atoms with Crippen molar-refractivity contribution in [1.82, 2.24) is 14.8 Å². The number of Topliss-reactive ketones (excluding diaryl/α,β-unsaturated/α-hetero) is 1. The highest BCUT2D eigenvalue weighted by Crippen LogP contribution is 2.35. The summed E-state index contributed by atoms with van der Waals surface area (Å²) < 4.78 is 1.85. The number of hydrogen-bond acceptors (Lipinski definition) is 4. The molecule has 0 unspecified atom stereocenters. The molecule has 1 aromatic carbocycles. The number of carbonyl (C=O) groups excluding carboxylic acids is 1. The molecular weight excluding hydrogens is 340 g/mol. The van der Waals surface area contributed by atoms with Gasteiger partial charge < -0.3 is 10.1 Å². The molecule has 0 spiro atoms. The molecule has 6 nitrogen and oxygen atoms in total. The molecule has 3 aromatic rings. The van der Waals surface area contributed by atoms with Crippen LogP contribution < -0.4 is 0 Å². The normalized spacial score (nSPS) is 15.0. The van der Waals surface area contributed by atoms with E-state index in [1.807, 2.05) is 36.0 Å². The molecule has 2 heterocycles. The summed E-state index contributed by atoms with van der Waals surface area (Å²) in [4.78, 5) is 20.2. The Balaban J connectivity index is 1.79. The van der Waals surface area contributed by atoms with Gasteiger partial charge >= 0.3 is 0 Å². The van der Waals surface area contributed by atoms with Gasteiger partial charge in [-0.05, 0) is 51.3 Å². The fourth-order valence-electron chi connectivity index (χ4n) is 3.34. The second-order valence-corrected chi connectivity index (χ2v) is 7.43. The van der Waals surface area contributed by atoms with E-state index in [2.05, 4.69) is 23.9 Å². The predicted octanol–water partition coefficient (Wildman–Crippen LogP) is 4.77. The van der Waals surface area contributed by atoms with Gasteiger partial charge in [0.2, 0.25) is 0 Å². The molecule has 0 bridgehead atoms. The van der Waals surface area contributed by atoms with E-state index < -0.39 is 0 Å². The van der Waals surface area contributed by atoms with Gasteiger partial charge in [0.1, 0.15) is 5.69 Å². The molecule has 2 aromatic heterocycles. The molecule has 1 saturated carbocycles. The van der Waals surface area contributed by atoms with Crippen LogP contribution in [0.25, 0.3) is 10.9 Å². The zero-order valence-corrected chi connectivity index (χ0v) is 15.9. The quantitative estimate of drug-likeness (QED) is 0.488. The Morgan fingerprint density at radius 2 is 2.19 bits per heavy atom. The Morgan fingerprint density at radius 1 is 1.41 bits per heavy atom. The van der Waals surface area contributed by atoms with Crippen LogP contribution in [0, 0.1) is 5.92 Å². The van der Waals surface area contributed by atoms with Crippen molar-refractivity contribution in [3.63, 3.8) is 0 Å². The van der Waals surface area contributed by atoms with E-state index in [1.165, 1.54) is 0 Å². The standard InChI is InChI=1S/C21H24N4O2/c1-4-17(23-15-10-22-25(11-15)12(2)3)19-16-9-14(20(26)13-5-6-13)7-8-18(16)24-21(19)27/h7-13,24,27H,4-6H2,1-3H3. The second kappa shape index (κ2) is 6.68. The number of aromatic amines is 1. The van der Waals surface area contributed by atoms with E-state index in [9.17, 15) is 9.90 Å². The number of ketones is 1. The fraction of sp³-hybridized carbons (Fsp3) is 0.381. The Morgan fingerprint density at radius 3 is 2.81 bits per heavy atom. The van der Waals surface area contributed by atoms with Crippen molar-refractivity contribution >= 4 is 28.1 Å². The number of aromatic hydroxyl groups is 1. The number of rotatable bonds is 6. The number of hydrogen-bond donors (Lipinski definition) is 2. The predicted molar refractivity (Wildman–Crippen MR) is 106 cm³/mol. The van der Waals surface area contributed by atoms with Crippen molar-refractivity contribution in [2.75, 3.05) is 0 Å². The molecule has 1 aliphatic carbocycles. The highest BCUT2D eigenvalue weighted by molar-refractivity contribution is 6.15. The van der Waals surface area contributed by atoms with Crippen LogP contribution in [0.4, 0.5) is 5.69 Å². The first-order chi connectivity index (χ1) is 13.0. The topological polar surface area (TPSA) is 83.3 Å². The summed E-state index contributed by atoms with van der Waals surface area (Å²) >= 11 is 0. The summed E-state index contributed by atoms with van der Waals surface area (Å²) in [5.74, 6) is 0.439. The van der Waals surface area contributed by atoms with E-state index in [1.54, 1.807) is 6.20 Å². The summed E-state index contributed by atoms with van der Waals surface area (Å²) in [6, 6.07) is 5.83. The average Bonchev–Trinajstić information content (AvgIpc) is 3.30. The van der Waals surface area contributed by atoms with Crippen LogP contribution in [0.1, 0.15) is 62.0 Å². The molecule has 27 heavy (non-hydrogen) atoms. The van der Waals surface area contributed by atoms with Crippen LogP contribution in [-0.2, 0) is 0 Å². The highest BCUT2D eigenvalue weighted by atomic mass is 16.3. The summed E-state index contributed by atoms with van der Waals surface area (Å²) in [6.07, 6.45) is 6.22. The molecule has 6 heteroatoms. The van der Waals surface area contributed by atoms with Gasteiger partial charge in [-0.1, -0.05) is 6.92 Å². The van der Waals surface area contributed by atoms with Gasteiger partial charge in [0.05, 0.1) is 23.7 Å². The fourth-order valence-corrected chi connectivity index (χ4v) is 3.34. The lowest BCUT2D eigenvalue weighted by atomic mass is 10.0.